The highest BCUT2D eigenvalue weighted by Crippen LogP contribution is 2.69. The Morgan fingerprint density at radius 2 is 1.93 bits per heavy atom. The Balaban J connectivity index is 1.32. The molecule has 7 nitrogen and oxygen atoms in total. The van der Waals surface area contributed by atoms with E-state index < -0.39 is 29.1 Å². The van der Waals surface area contributed by atoms with Crippen molar-refractivity contribution in [3.63, 3.8) is 0 Å². The fourth-order valence-corrected chi connectivity index (χ4v) is 9.83. The first-order valence-corrected chi connectivity index (χ1v) is 16.9. The van der Waals surface area contributed by atoms with Gasteiger partial charge < -0.3 is 25.6 Å². The minimum Gasteiger partial charge on any atom is -0.461 e. The molecule has 42 heavy (non-hydrogen) atoms. The number of anilines is 1. The van der Waals surface area contributed by atoms with Gasteiger partial charge in [-0.25, -0.2) is 0 Å². The number of thioether (sulfide) groups is 1. The molecule has 232 valence electrons. The van der Waals surface area contributed by atoms with E-state index in [1.165, 1.54) is 11.8 Å². The van der Waals surface area contributed by atoms with Gasteiger partial charge in [0.2, 0.25) is 5.91 Å². The minimum atomic E-state index is -0.641. The predicted molar refractivity (Wildman–Crippen MR) is 167 cm³/mol. The van der Waals surface area contributed by atoms with Crippen LogP contribution < -0.4 is 10.6 Å². The summed E-state index contributed by atoms with van der Waals surface area (Å²) in [4.78, 5) is 27.1. The van der Waals surface area contributed by atoms with Crippen LogP contribution in [0.15, 0.2) is 41.8 Å². The highest BCUT2D eigenvalue weighted by atomic mass is 32.2. The maximum absolute atomic E-state index is 13.5. The van der Waals surface area contributed by atoms with Crippen LogP contribution in [0, 0.1) is 34.0 Å². The van der Waals surface area contributed by atoms with Crippen LogP contribution >= 0.6 is 11.8 Å². The summed E-state index contributed by atoms with van der Waals surface area (Å²) < 4.78 is 6.41. The number of esters is 1. The highest BCUT2D eigenvalue weighted by molar-refractivity contribution is 8.00. The van der Waals surface area contributed by atoms with Gasteiger partial charge in [0.15, 0.2) is 0 Å². The Morgan fingerprint density at radius 3 is 2.64 bits per heavy atom. The van der Waals surface area contributed by atoms with Gasteiger partial charge >= 0.3 is 5.97 Å². The van der Waals surface area contributed by atoms with Crippen molar-refractivity contribution in [1.29, 1.82) is 0 Å². The van der Waals surface area contributed by atoms with Crippen LogP contribution in [-0.4, -0.2) is 58.7 Å². The maximum atomic E-state index is 13.5. The Labute approximate surface area is 255 Å². The van der Waals surface area contributed by atoms with Gasteiger partial charge in [-0.15, -0.1) is 18.3 Å². The summed E-state index contributed by atoms with van der Waals surface area (Å²) in [6, 6.07) is 7.41. The molecule has 4 aliphatic rings. The number of hydrogen-bond donors (Lipinski definition) is 4. The zero-order chi connectivity index (χ0) is 30.3. The monoisotopic (exact) mass is 598 g/mol. The topological polar surface area (TPSA) is 108 Å². The Bertz CT molecular complexity index is 1170. The summed E-state index contributed by atoms with van der Waals surface area (Å²) in [6.07, 6.45) is 7.27. The Kier molecular flexibility index (Phi) is 9.21. The van der Waals surface area contributed by atoms with E-state index in [2.05, 4.69) is 38.0 Å². The third kappa shape index (κ3) is 5.57. The van der Waals surface area contributed by atoms with Gasteiger partial charge in [-0.2, -0.15) is 0 Å². The smallest absolute Gasteiger partial charge is 0.316 e. The molecule has 0 radical (unpaired) electrons. The number of carbonyl (C=O) groups excluding carboxylic acids is 2. The normalized spacial score (nSPS) is 41.6. The number of rotatable bonds is 7. The molecular formula is C34H50N2O5S. The van der Waals surface area contributed by atoms with Crippen molar-refractivity contribution < 1.29 is 24.5 Å². The number of carbonyl (C=O) groups is 2. The molecule has 10 atom stereocenters. The summed E-state index contributed by atoms with van der Waals surface area (Å²) in [7, 11) is 0. The van der Waals surface area contributed by atoms with Gasteiger partial charge in [0.05, 0.1) is 24.0 Å². The SMILES string of the molecule is C=C[C@]1(C)C[C@@H](OC(=O)CSc2cccc(NC(=O)C3CCCCN3)c2)[C@]2(C)C(C)CCC3(CCC(O)C32)[C@@H](C)C1O. The number of ether oxygens (including phenoxy) is 1. The second-order valence-corrected chi connectivity index (χ2v) is 15.1. The molecule has 3 aliphatic carbocycles. The second-order valence-electron chi connectivity index (χ2n) is 14.1. The van der Waals surface area contributed by atoms with E-state index in [0.717, 1.165) is 56.4 Å². The molecule has 4 N–H and O–H groups in total. The first kappa shape index (κ1) is 31.6. The number of nitrogens with one attached hydrogen (secondary N) is 2. The van der Waals surface area contributed by atoms with Crippen molar-refractivity contribution in [1.82, 2.24) is 5.32 Å². The summed E-state index contributed by atoms with van der Waals surface area (Å²) >= 11 is 1.39. The van der Waals surface area contributed by atoms with Crippen molar-refractivity contribution in [2.45, 2.75) is 108 Å². The minimum absolute atomic E-state index is 0.00310. The molecule has 1 saturated heterocycles. The van der Waals surface area contributed by atoms with Crippen molar-refractivity contribution >= 4 is 29.3 Å². The van der Waals surface area contributed by atoms with Crippen LogP contribution in [0.5, 0.6) is 0 Å². The zero-order valence-corrected chi connectivity index (χ0v) is 26.6. The highest BCUT2D eigenvalue weighted by Gasteiger charge is 2.68. The lowest BCUT2D eigenvalue weighted by Crippen LogP contribution is -2.63. The second kappa shape index (κ2) is 12.3. The van der Waals surface area contributed by atoms with Gasteiger partial charge in [-0.1, -0.05) is 46.3 Å². The maximum Gasteiger partial charge on any atom is 0.316 e. The van der Waals surface area contributed by atoms with Crippen LogP contribution in [0.4, 0.5) is 5.69 Å². The largest absolute Gasteiger partial charge is 0.461 e. The van der Waals surface area contributed by atoms with Gasteiger partial charge in [-0.3, -0.25) is 9.59 Å². The lowest BCUT2D eigenvalue weighted by Gasteiger charge is -2.63. The Hall–Kier alpha value is -1.87. The summed E-state index contributed by atoms with van der Waals surface area (Å²) in [5.41, 5.74) is -0.529. The number of amides is 1. The quantitative estimate of drug-likeness (QED) is 0.185. The molecule has 6 unspecified atom stereocenters. The first-order valence-electron chi connectivity index (χ1n) is 15.9. The molecule has 1 amide bonds. The van der Waals surface area contributed by atoms with Crippen LogP contribution in [-0.2, 0) is 14.3 Å². The summed E-state index contributed by atoms with van der Waals surface area (Å²) in [5, 5.41) is 29.4. The summed E-state index contributed by atoms with van der Waals surface area (Å²) in [6.45, 7) is 13.6. The zero-order valence-electron chi connectivity index (χ0n) is 25.7. The number of benzene rings is 1. The third-order valence-electron chi connectivity index (χ3n) is 11.9. The van der Waals surface area contributed by atoms with Crippen molar-refractivity contribution in [2.75, 3.05) is 17.6 Å². The van der Waals surface area contributed by atoms with Crippen LogP contribution in [0.1, 0.15) is 79.1 Å². The molecule has 1 aliphatic heterocycles. The molecule has 0 spiro atoms. The number of hydrogen-bond acceptors (Lipinski definition) is 7. The van der Waals surface area contributed by atoms with Gasteiger partial charge in [0.25, 0.3) is 0 Å². The molecule has 1 aromatic rings. The average Bonchev–Trinajstić information content (AvgIpc) is 3.35. The number of aliphatic hydroxyl groups is 2. The van der Waals surface area contributed by atoms with E-state index in [9.17, 15) is 19.8 Å². The molecule has 5 rings (SSSR count). The molecular weight excluding hydrogens is 548 g/mol. The van der Waals surface area contributed by atoms with Crippen molar-refractivity contribution in [2.24, 2.45) is 34.0 Å². The van der Waals surface area contributed by atoms with E-state index in [4.69, 9.17) is 4.74 Å². The lowest BCUT2D eigenvalue weighted by molar-refractivity contribution is -0.217. The van der Waals surface area contributed by atoms with E-state index in [1.807, 2.05) is 37.3 Å². The van der Waals surface area contributed by atoms with Gasteiger partial charge in [0, 0.05) is 21.4 Å². The van der Waals surface area contributed by atoms with Crippen molar-refractivity contribution in [3.8, 4) is 0 Å². The molecule has 1 aromatic carbocycles. The average molecular weight is 599 g/mol. The first-order chi connectivity index (χ1) is 19.9. The van der Waals surface area contributed by atoms with Gasteiger partial charge in [-0.05, 0) is 92.9 Å². The van der Waals surface area contributed by atoms with Gasteiger partial charge in [0.1, 0.15) is 6.10 Å². The van der Waals surface area contributed by atoms with E-state index in [-0.39, 0.29) is 46.8 Å². The number of piperidine rings is 1. The van der Waals surface area contributed by atoms with Crippen molar-refractivity contribution in [3.05, 3.63) is 36.9 Å². The molecule has 3 saturated carbocycles. The predicted octanol–water partition coefficient (Wildman–Crippen LogP) is 5.56. The van der Waals surface area contributed by atoms with E-state index in [1.54, 1.807) is 0 Å². The van der Waals surface area contributed by atoms with E-state index in [0.29, 0.717) is 12.1 Å². The fourth-order valence-electron chi connectivity index (χ4n) is 9.10. The molecule has 4 fully saturated rings. The van der Waals surface area contributed by atoms with E-state index >= 15 is 0 Å². The molecule has 0 aromatic heterocycles. The third-order valence-corrected chi connectivity index (χ3v) is 12.9. The lowest BCUT2D eigenvalue weighted by atomic mass is 9.43. The van der Waals surface area contributed by atoms with Crippen LogP contribution in [0.3, 0.4) is 0 Å². The van der Waals surface area contributed by atoms with Crippen LogP contribution in [0.25, 0.3) is 0 Å². The number of aliphatic hydroxyl groups excluding tert-OH is 2. The molecule has 2 bridgehead atoms. The fraction of sp³-hybridized carbons (Fsp3) is 0.706. The summed E-state index contributed by atoms with van der Waals surface area (Å²) in [5.74, 6) is 0.00887. The van der Waals surface area contributed by atoms with Crippen LogP contribution in [0.2, 0.25) is 0 Å². The molecule has 1 heterocycles. The standard InChI is InChI=1S/C34H50N2O5S/c1-6-32(4)19-27(33(5)21(2)13-15-34(22(3)30(32)39)16-14-26(37)29(33)34)41-28(38)20-42-24-11-9-10-23(18-24)36-31(40)25-12-7-8-17-35-25/h6,9-11,18,21-22,25-27,29-30,35,37,39H,1,7-8,12-17,19-20H2,2-5H3,(H,36,40)/t21?,22-,25?,26?,27+,29?,30?,32+,33-,34?/m0/s1. The molecule has 8 heteroatoms. The Morgan fingerprint density at radius 1 is 1.17 bits per heavy atom.